The first-order valence-corrected chi connectivity index (χ1v) is 6.05. The molecular weight excluding hydrogens is 194 g/mol. The summed E-state index contributed by atoms with van der Waals surface area (Å²) < 4.78 is 0. The fraction of sp³-hybridized carbons (Fsp3) is 0.467. The highest BCUT2D eigenvalue weighted by Crippen LogP contribution is 2.25. The molecule has 0 saturated heterocycles. The largest absolute Gasteiger partial charge is 0.313 e. The van der Waals surface area contributed by atoms with Crippen molar-refractivity contribution in [2.45, 2.75) is 39.2 Å². The zero-order valence-corrected chi connectivity index (χ0v) is 10.7. The normalized spacial score (nSPS) is 12.4. The van der Waals surface area contributed by atoms with Crippen LogP contribution >= 0.6 is 0 Å². The van der Waals surface area contributed by atoms with Crippen LogP contribution in [0.2, 0.25) is 0 Å². The third-order valence-electron chi connectivity index (χ3n) is 3.14. The van der Waals surface area contributed by atoms with Gasteiger partial charge in [-0.05, 0) is 56.8 Å². The molecule has 0 aliphatic heterocycles. The maximum absolute atomic E-state index is 3.77. The molecule has 0 fully saturated rings. The molecule has 0 aromatic heterocycles. The van der Waals surface area contributed by atoms with Crippen LogP contribution in [-0.4, -0.2) is 7.05 Å². The van der Waals surface area contributed by atoms with Gasteiger partial charge in [0, 0.05) is 6.04 Å². The third-order valence-corrected chi connectivity index (χ3v) is 3.14. The highest BCUT2D eigenvalue weighted by Gasteiger charge is 2.13. The molecule has 0 saturated carbocycles. The Balaban J connectivity index is 2.81. The SMILES string of the molecule is C=CCCCC(NC)c1c(C)cccc1C. The maximum atomic E-state index is 3.77. The van der Waals surface area contributed by atoms with Gasteiger partial charge in [0.1, 0.15) is 0 Å². The van der Waals surface area contributed by atoms with Gasteiger partial charge in [-0.3, -0.25) is 0 Å². The van der Waals surface area contributed by atoms with Crippen LogP contribution in [0.1, 0.15) is 42.0 Å². The zero-order valence-electron chi connectivity index (χ0n) is 10.7. The molecule has 0 bridgehead atoms. The molecule has 1 nitrogen and oxygen atoms in total. The van der Waals surface area contributed by atoms with E-state index in [-0.39, 0.29) is 0 Å². The van der Waals surface area contributed by atoms with E-state index in [0.717, 1.165) is 6.42 Å². The molecule has 88 valence electrons. The topological polar surface area (TPSA) is 12.0 Å². The number of hydrogen-bond acceptors (Lipinski definition) is 1. The Bertz CT molecular complexity index is 321. The first-order valence-electron chi connectivity index (χ1n) is 6.05. The van der Waals surface area contributed by atoms with Crippen LogP contribution in [0.5, 0.6) is 0 Å². The summed E-state index contributed by atoms with van der Waals surface area (Å²) >= 11 is 0. The van der Waals surface area contributed by atoms with Crippen molar-refractivity contribution in [2.24, 2.45) is 0 Å². The highest BCUT2D eigenvalue weighted by molar-refractivity contribution is 5.36. The molecule has 16 heavy (non-hydrogen) atoms. The molecule has 1 rings (SSSR count). The number of aryl methyl sites for hydroxylation is 2. The quantitative estimate of drug-likeness (QED) is 0.562. The molecule has 1 atom stereocenters. The molecule has 1 N–H and O–H groups in total. The van der Waals surface area contributed by atoms with Gasteiger partial charge >= 0.3 is 0 Å². The summed E-state index contributed by atoms with van der Waals surface area (Å²) in [6.45, 7) is 8.16. The number of unbranched alkanes of at least 4 members (excludes halogenated alkanes) is 1. The summed E-state index contributed by atoms with van der Waals surface area (Å²) in [5.74, 6) is 0. The summed E-state index contributed by atoms with van der Waals surface area (Å²) in [4.78, 5) is 0. The maximum Gasteiger partial charge on any atom is 0.0322 e. The van der Waals surface area contributed by atoms with Crippen LogP contribution in [0.3, 0.4) is 0 Å². The molecular formula is C15H23N. The minimum Gasteiger partial charge on any atom is -0.313 e. The summed E-state index contributed by atoms with van der Waals surface area (Å²) in [6.07, 6.45) is 5.47. The molecule has 1 heteroatoms. The minimum atomic E-state index is 0.473. The Kier molecular flexibility index (Phi) is 5.27. The first-order chi connectivity index (χ1) is 7.70. The molecule has 1 unspecified atom stereocenters. The van der Waals surface area contributed by atoms with Gasteiger partial charge in [-0.15, -0.1) is 6.58 Å². The van der Waals surface area contributed by atoms with E-state index in [1.807, 2.05) is 13.1 Å². The van der Waals surface area contributed by atoms with E-state index in [1.54, 1.807) is 0 Å². The lowest BCUT2D eigenvalue weighted by atomic mass is 9.93. The Labute approximate surface area is 99.6 Å². The fourth-order valence-electron chi connectivity index (χ4n) is 2.28. The van der Waals surface area contributed by atoms with E-state index in [1.165, 1.54) is 29.5 Å². The lowest BCUT2D eigenvalue weighted by Gasteiger charge is -2.21. The lowest BCUT2D eigenvalue weighted by molar-refractivity contribution is 0.525. The van der Waals surface area contributed by atoms with Crippen molar-refractivity contribution >= 4 is 0 Å². The van der Waals surface area contributed by atoms with Crippen LogP contribution in [0.25, 0.3) is 0 Å². The lowest BCUT2D eigenvalue weighted by Crippen LogP contribution is -2.18. The minimum absolute atomic E-state index is 0.473. The van der Waals surface area contributed by atoms with Crippen LogP contribution in [0.15, 0.2) is 30.9 Å². The second-order valence-electron chi connectivity index (χ2n) is 4.37. The average Bonchev–Trinajstić information content (AvgIpc) is 2.26. The molecule has 0 spiro atoms. The summed E-state index contributed by atoms with van der Waals surface area (Å²) in [7, 11) is 2.05. The average molecular weight is 217 g/mol. The Morgan fingerprint density at radius 2 is 1.94 bits per heavy atom. The van der Waals surface area contributed by atoms with Gasteiger partial charge in [-0.1, -0.05) is 24.3 Å². The number of rotatable bonds is 6. The molecule has 1 aromatic carbocycles. The number of nitrogens with one attached hydrogen (secondary N) is 1. The second-order valence-corrected chi connectivity index (χ2v) is 4.37. The van der Waals surface area contributed by atoms with E-state index in [9.17, 15) is 0 Å². The van der Waals surface area contributed by atoms with E-state index < -0.39 is 0 Å². The van der Waals surface area contributed by atoms with E-state index >= 15 is 0 Å². The van der Waals surface area contributed by atoms with Crippen molar-refractivity contribution in [1.29, 1.82) is 0 Å². The monoisotopic (exact) mass is 217 g/mol. The second kappa shape index (κ2) is 6.49. The highest BCUT2D eigenvalue weighted by atomic mass is 14.9. The van der Waals surface area contributed by atoms with Crippen LogP contribution in [0.4, 0.5) is 0 Å². The third kappa shape index (κ3) is 3.21. The van der Waals surface area contributed by atoms with E-state index in [2.05, 4.69) is 43.9 Å². The number of hydrogen-bond donors (Lipinski definition) is 1. The Morgan fingerprint density at radius 1 is 1.31 bits per heavy atom. The van der Waals surface area contributed by atoms with Gasteiger partial charge in [-0.25, -0.2) is 0 Å². The van der Waals surface area contributed by atoms with Crippen molar-refractivity contribution in [3.8, 4) is 0 Å². The predicted molar refractivity (Wildman–Crippen MR) is 71.8 cm³/mol. The standard InChI is InChI=1S/C15H23N/c1-5-6-7-11-14(16-4)15-12(2)9-8-10-13(15)3/h5,8-10,14,16H,1,6-7,11H2,2-4H3. The Hall–Kier alpha value is -1.08. The van der Waals surface area contributed by atoms with Crippen molar-refractivity contribution < 1.29 is 0 Å². The van der Waals surface area contributed by atoms with Gasteiger partial charge in [0.25, 0.3) is 0 Å². The molecule has 0 radical (unpaired) electrons. The van der Waals surface area contributed by atoms with Crippen molar-refractivity contribution in [2.75, 3.05) is 7.05 Å². The smallest absolute Gasteiger partial charge is 0.0322 e. The first kappa shape index (κ1) is 13.0. The summed E-state index contributed by atoms with van der Waals surface area (Å²) in [6, 6.07) is 6.99. The predicted octanol–water partition coefficient (Wildman–Crippen LogP) is 3.92. The molecule has 0 aliphatic carbocycles. The van der Waals surface area contributed by atoms with Crippen LogP contribution in [-0.2, 0) is 0 Å². The molecule has 1 aromatic rings. The summed E-state index contributed by atoms with van der Waals surface area (Å²) in [5.41, 5.74) is 4.24. The van der Waals surface area contributed by atoms with Gasteiger partial charge in [0.05, 0.1) is 0 Å². The number of allylic oxidation sites excluding steroid dienone is 1. The van der Waals surface area contributed by atoms with Gasteiger partial charge in [0.2, 0.25) is 0 Å². The zero-order chi connectivity index (χ0) is 12.0. The van der Waals surface area contributed by atoms with Gasteiger partial charge in [-0.2, -0.15) is 0 Å². The fourth-order valence-corrected chi connectivity index (χ4v) is 2.28. The Morgan fingerprint density at radius 3 is 2.44 bits per heavy atom. The van der Waals surface area contributed by atoms with Crippen molar-refractivity contribution in [1.82, 2.24) is 5.32 Å². The van der Waals surface area contributed by atoms with Gasteiger partial charge in [0.15, 0.2) is 0 Å². The summed E-state index contributed by atoms with van der Waals surface area (Å²) in [5, 5.41) is 3.42. The van der Waals surface area contributed by atoms with Crippen molar-refractivity contribution in [3.05, 3.63) is 47.5 Å². The van der Waals surface area contributed by atoms with Crippen molar-refractivity contribution in [3.63, 3.8) is 0 Å². The molecule has 0 aliphatic rings. The molecule has 0 heterocycles. The molecule has 0 amide bonds. The van der Waals surface area contributed by atoms with Gasteiger partial charge < -0.3 is 5.32 Å². The van der Waals surface area contributed by atoms with Crippen LogP contribution in [0, 0.1) is 13.8 Å². The van der Waals surface area contributed by atoms with E-state index in [4.69, 9.17) is 0 Å². The van der Waals surface area contributed by atoms with Crippen LogP contribution < -0.4 is 5.32 Å². The number of benzene rings is 1. The van der Waals surface area contributed by atoms with E-state index in [0.29, 0.717) is 6.04 Å².